The lowest BCUT2D eigenvalue weighted by Crippen LogP contribution is -2.26. The normalized spacial score (nSPS) is 13.2. The van der Waals surface area contributed by atoms with Gasteiger partial charge in [-0.3, -0.25) is 4.68 Å². The average molecular weight is 291 g/mol. The summed E-state index contributed by atoms with van der Waals surface area (Å²) in [6.45, 7) is 7.52. The van der Waals surface area contributed by atoms with Gasteiger partial charge in [0.2, 0.25) is 0 Å². The first kappa shape index (κ1) is 15.4. The van der Waals surface area contributed by atoms with E-state index in [0.717, 1.165) is 30.3 Å². The lowest BCUT2D eigenvalue weighted by Gasteiger charge is -2.11. The van der Waals surface area contributed by atoms with E-state index >= 15 is 0 Å². The van der Waals surface area contributed by atoms with Crippen LogP contribution in [0.15, 0.2) is 24.3 Å². The summed E-state index contributed by atoms with van der Waals surface area (Å²) in [5.74, 6) is 2.91. The average Bonchev–Trinajstić information content (AvgIpc) is 2.77. The molecule has 1 unspecified atom stereocenters. The Balaban J connectivity index is 2.05. The van der Waals surface area contributed by atoms with Gasteiger partial charge < -0.3 is 5.73 Å². The predicted octanol–water partition coefficient (Wildman–Crippen LogP) is 3.32. The quantitative estimate of drug-likeness (QED) is 0.851. The highest BCUT2D eigenvalue weighted by atomic mass is 32.2. The Morgan fingerprint density at radius 1 is 1.25 bits per heavy atom. The van der Waals surface area contributed by atoms with Gasteiger partial charge in [-0.25, -0.2) is 0 Å². The second-order valence-electron chi connectivity index (χ2n) is 5.68. The van der Waals surface area contributed by atoms with Crippen LogP contribution in [-0.4, -0.2) is 27.3 Å². The van der Waals surface area contributed by atoms with Crippen LogP contribution in [0.1, 0.15) is 26.5 Å². The standard InChI is InChI=1S/C16H25N3S/c1-4-19-16-8-6-5-7-14(16)15(18-19)9-13(17)11-20-10-12(2)3/h5-8,12-13H,4,9-11,17H2,1-3H3. The zero-order valence-electron chi connectivity index (χ0n) is 12.7. The summed E-state index contributed by atoms with van der Waals surface area (Å²) in [6.07, 6.45) is 0.860. The molecule has 0 saturated heterocycles. The van der Waals surface area contributed by atoms with Crippen molar-refractivity contribution in [3.8, 4) is 0 Å². The predicted molar refractivity (Wildman–Crippen MR) is 89.2 cm³/mol. The third-order valence-electron chi connectivity index (χ3n) is 3.27. The number of nitrogens with zero attached hydrogens (tertiary/aromatic N) is 2. The molecule has 0 aliphatic carbocycles. The smallest absolute Gasteiger partial charge is 0.0719 e. The lowest BCUT2D eigenvalue weighted by atomic mass is 10.1. The second kappa shape index (κ2) is 7.14. The molecule has 20 heavy (non-hydrogen) atoms. The molecular weight excluding hydrogens is 266 g/mol. The van der Waals surface area contributed by atoms with Crippen LogP contribution in [0.5, 0.6) is 0 Å². The van der Waals surface area contributed by atoms with Crippen LogP contribution in [0.2, 0.25) is 0 Å². The Bertz CT molecular complexity index is 548. The van der Waals surface area contributed by atoms with E-state index < -0.39 is 0 Å². The number of thioether (sulfide) groups is 1. The van der Waals surface area contributed by atoms with Gasteiger partial charge in [-0.05, 0) is 24.7 Å². The summed E-state index contributed by atoms with van der Waals surface area (Å²) in [4.78, 5) is 0. The molecule has 0 aliphatic heterocycles. The summed E-state index contributed by atoms with van der Waals surface area (Å²) in [5, 5.41) is 5.97. The zero-order valence-corrected chi connectivity index (χ0v) is 13.5. The maximum atomic E-state index is 6.26. The van der Waals surface area contributed by atoms with Crippen LogP contribution < -0.4 is 5.73 Å². The van der Waals surface area contributed by atoms with Crippen LogP contribution in [0.4, 0.5) is 0 Å². The highest BCUT2D eigenvalue weighted by Gasteiger charge is 2.13. The number of aryl methyl sites for hydroxylation is 1. The molecule has 2 N–H and O–H groups in total. The number of aromatic nitrogens is 2. The van der Waals surface area contributed by atoms with Gasteiger partial charge in [0.05, 0.1) is 11.2 Å². The molecule has 0 fully saturated rings. The number of hydrogen-bond donors (Lipinski definition) is 1. The van der Waals surface area contributed by atoms with Crippen molar-refractivity contribution >= 4 is 22.7 Å². The Kier molecular flexibility index (Phi) is 5.49. The van der Waals surface area contributed by atoms with Crippen LogP contribution in [0, 0.1) is 5.92 Å². The van der Waals surface area contributed by atoms with Crippen molar-refractivity contribution in [3.63, 3.8) is 0 Å². The molecule has 0 spiro atoms. The lowest BCUT2D eigenvalue weighted by molar-refractivity contribution is 0.648. The monoisotopic (exact) mass is 291 g/mol. The molecular formula is C16H25N3S. The first-order chi connectivity index (χ1) is 9.61. The third-order valence-corrected chi connectivity index (χ3v) is 4.84. The van der Waals surface area contributed by atoms with Crippen LogP contribution in [0.3, 0.4) is 0 Å². The minimum atomic E-state index is 0.183. The molecule has 0 saturated carbocycles. The Morgan fingerprint density at radius 2 is 2.00 bits per heavy atom. The first-order valence-corrected chi connectivity index (χ1v) is 8.55. The summed E-state index contributed by atoms with van der Waals surface area (Å²) < 4.78 is 2.07. The van der Waals surface area contributed by atoms with E-state index in [-0.39, 0.29) is 6.04 Å². The highest BCUT2D eigenvalue weighted by Crippen LogP contribution is 2.20. The number of rotatable bonds is 7. The van der Waals surface area contributed by atoms with E-state index in [1.54, 1.807) is 0 Å². The number of nitrogens with two attached hydrogens (primary N) is 1. The van der Waals surface area contributed by atoms with Crippen molar-refractivity contribution in [2.24, 2.45) is 11.7 Å². The van der Waals surface area contributed by atoms with Crippen LogP contribution >= 0.6 is 11.8 Å². The van der Waals surface area contributed by atoms with Crippen molar-refractivity contribution in [1.82, 2.24) is 9.78 Å². The van der Waals surface area contributed by atoms with Crippen molar-refractivity contribution < 1.29 is 0 Å². The molecule has 0 radical (unpaired) electrons. The first-order valence-electron chi connectivity index (χ1n) is 7.39. The molecule has 2 rings (SSSR count). The van der Waals surface area contributed by atoms with Crippen molar-refractivity contribution in [2.45, 2.75) is 39.8 Å². The van der Waals surface area contributed by atoms with Crippen LogP contribution in [-0.2, 0) is 13.0 Å². The third kappa shape index (κ3) is 3.76. The maximum absolute atomic E-state index is 6.26. The van der Waals surface area contributed by atoms with Gasteiger partial charge in [-0.1, -0.05) is 32.0 Å². The fraction of sp³-hybridized carbons (Fsp3) is 0.562. The summed E-state index contributed by atoms with van der Waals surface area (Å²) in [5.41, 5.74) is 8.62. The summed E-state index contributed by atoms with van der Waals surface area (Å²) in [7, 11) is 0. The van der Waals surface area contributed by atoms with Crippen molar-refractivity contribution in [2.75, 3.05) is 11.5 Å². The van der Waals surface area contributed by atoms with Gasteiger partial charge in [-0.2, -0.15) is 16.9 Å². The molecule has 0 amide bonds. The number of benzene rings is 1. The van der Waals surface area contributed by atoms with E-state index in [1.807, 2.05) is 11.8 Å². The molecule has 1 atom stereocenters. The largest absolute Gasteiger partial charge is 0.327 e. The minimum absolute atomic E-state index is 0.183. The SMILES string of the molecule is CCn1nc(CC(N)CSCC(C)C)c2ccccc21. The fourth-order valence-corrected chi connectivity index (χ4v) is 3.38. The Hall–Kier alpha value is -1.00. The molecule has 110 valence electrons. The zero-order chi connectivity index (χ0) is 14.5. The molecule has 2 aromatic rings. The van der Waals surface area contributed by atoms with E-state index in [0.29, 0.717) is 0 Å². The van der Waals surface area contributed by atoms with Gasteiger partial charge in [0.15, 0.2) is 0 Å². The van der Waals surface area contributed by atoms with Gasteiger partial charge >= 0.3 is 0 Å². The fourth-order valence-electron chi connectivity index (χ4n) is 2.35. The minimum Gasteiger partial charge on any atom is -0.327 e. The Labute approximate surface area is 125 Å². The van der Waals surface area contributed by atoms with Crippen molar-refractivity contribution in [1.29, 1.82) is 0 Å². The molecule has 4 heteroatoms. The van der Waals surface area contributed by atoms with Gasteiger partial charge in [0, 0.05) is 30.1 Å². The molecule has 3 nitrogen and oxygen atoms in total. The van der Waals surface area contributed by atoms with Gasteiger partial charge in [0.25, 0.3) is 0 Å². The van der Waals surface area contributed by atoms with Crippen molar-refractivity contribution in [3.05, 3.63) is 30.0 Å². The summed E-state index contributed by atoms with van der Waals surface area (Å²) in [6, 6.07) is 8.61. The van der Waals surface area contributed by atoms with E-state index in [1.165, 1.54) is 16.7 Å². The van der Waals surface area contributed by atoms with Crippen LogP contribution in [0.25, 0.3) is 10.9 Å². The molecule has 1 heterocycles. The molecule has 1 aromatic carbocycles. The molecule has 0 aliphatic rings. The van der Waals surface area contributed by atoms with E-state index in [2.05, 4.69) is 49.7 Å². The van der Waals surface area contributed by atoms with Gasteiger partial charge in [0.1, 0.15) is 0 Å². The molecule has 1 aromatic heterocycles. The van der Waals surface area contributed by atoms with E-state index in [4.69, 9.17) is 10.8 Å². The summed E-state index contributed by atoms with van der Waals surface area (Å²) >= 11 is 1.95. The van der Waals surface area contributed by atoms with E-state index in [9.17, 15) is 0 Å². The number of hydrogen-bond acceptors (Lipinski definition) is 3. The Morgan fingerprint density at radius 3 is 2.70 bits per heavy atom. The molecule has 0 bridgehead atoms. The second-order valence-corrected chi connectivity index (χ2v) is 6.75. The number of fused-ring (bicyclic) bond motifs is 1. The number of para-hydroxylation sites is 1. The van der Waals surface area contributed by atoms with Gasteiger partial charge in [-0.15, -0.1) is 0 Å². The highest BCUT2D eigenvalue weighted by molar-refractivity contribution is 7.99. The topological polar surface area (TPSA) is 43.8 Å². The maximum Gasteiger partial charge on any atom is 0.0719 e.